The van der Waals surface area contributed by atoms with Gasteiger partial charge in [0.25, 0.3) is 0 Å². The zero-order valence-electron chi connectivity index (χ0n) is 11.6. The summed E-state index contributed by atoms with van der Waals surface area (Å²) in [5.74, 6) is 0.923. The molecule has 0 spiro atoms. The molecule has 1 N–H and O–H groups in total. The van der Waals surface area contributed by atoms with Crippen LogP contribution >= 0.6 is 0 Å². The number of anilines is 1. The highest BCUT2D eigenvalue weighted by molar-refractivity contribution is 5.51. The van der Waals surface area contributed by atoms with Crippen molar-refractivity contribution in [3.8, 4) is 5.75 Å². The molecule has 2 aromatic rings. The minimum Gasteiger partial charge on any atom is -0.497 e. The van der Waals surface area contributed by atoms with E-state index >= 15 is 0 Å². The predicted molar refractivity (Wildman–Crippen MR) is 81.0 cm³/mol. The highest BCUT2D eigenvalue weighted by Crippen LogP contribution is 2.16. The van der Waals surface area contributed by atoms with Crippen molar-refractivity contribution in [1.29, 1.82) is 0 Å². The lowest BCUT2D eigenvalue weighted by Crippen LogP contribution is -2.06. The highest BCUT2D eigenvalue weighted by atomic mass is 16.5. The van der Waals surface area contributed by atoms with Crippen molar-refractivity contribution in [3.63, 3.8) is 0 Å². The Kier molecular flexibility index (Phi) is 4.85. The molecule has 2 nitrogen and oxygen atoms in total. The van der Waals surface area contributed by atoms with E-state index in [1.165, 1.54) is 16.8 Å². The molecule has 0 aliphatic heterocycles. The Morgan fingerprint density at radius 1 is 1.05 bits per heavy atom. The van der Waals surface area contributed by atoms with Gasteiger partial charge in [0, 0.05) is 12.2 Å². The summed E-state index contributed by atoms with van der Waals surface area (Å²) in [4.78, 5) is 0. The van der Waals surface area contributed by atoms with Crippen LogP contribution in [0.25, 0.3) is 0 Å². The molecule has 0 atom stereocenters. The highest BCUT2D eigenvalue weighted by Gasteiger charge is 1.99. The van der Waals surface area contributed by atoms with Crippen molar-refractivity contribution in [2.75, 3.05) is 19.0 Å². The minimum absolute atomic E-state index is 0.923. The van der Waals surface area contributed by atoms with Gasteiger partial charge < -0.3 is 10.1 Å². The van der Waals surface area contributed by atoms with Gasteiger partial charge in [0.2, 0.25) is 0 Å². The molecule has 2 heteroatoms. The van der Waals surface area contributed by atoms with E-state index in [1.54, 1.807) is 7.11 Å². The second kappa shape index (κ2) is 6.83. The van der Waals surface area contributed by atoms with E-state index in [1.807, 2.05) is 12.1 Å². The van der Waals surface area contributed by atoms with Crippen LogP contribution < -0.4 is 10.1 Å². The quantitative estimate of drug-likeness (QED) is 0.845. The maximum absolute atomic E-state index is 5.24. The molecule has 0 bridgehead atoms. The average molecular weight is 255 g/mol. The van der Waals surface area contributed by atoms with Gasteiger partial charge in [0.15, 0.2) is 0 Å². The third kappa shape index (κ3) is 3.75. The summed E-state index contributed by atoms with van der Waals surface area (Å²) >= 11 is 0. The average Bonchev–Trinajstić information content (AvgIpc) is 2.48. The first-order valence-corrected chi connectivity index (χ1v) is 6.78. The number of methoxy groups -OCH3 is 1. The van der Waals surface area contributed by atoms with Crippen molar-refractivity contribution < 1.29 is 4.74 Å². The third-order valence-corrected chi connectivity index (χ3v) is 3.26. The monoisotopic (exact) mass is 255 g/mol. The van der Waals surface area contributed by atoms with Gasteiger partial charge in [-0.3, -0.25) is 0 Å². The van der Waals surface area contributed by atoms with Gasteiger partial charge in [-0.05, 0) is 42.2 Å². The molecule has 0 saturated heterocycles. The first-order valence-electron chi connectivity index (χ1n) is 6.78. The van der Waals surface area contributed by atoms with Gasteiger partial charge in [0.1, 0.15) is 5.75 Å². The maximum atomic E-state index is 5.24. The van der Waals surface area contributed by atoms with Crippen LogP contribution in [0.2, 0.25) is 0 Å². The Bertz CT molecular complexity index is 522. The number of ether oxygens (including phenoxy) is 1. The number of hydrogen-bond acceptors (Lipinski definition) is 2. The van der Waals surface area contributed by atoms with E-state index < -0.39 is 0 Å². The Balaban J connectivity index is 1.92. The van der Waals surface area contributed by atoms with Crippen LogP contribution in [-0.2, 0) is 12.8 Å². The fraction of sp³-hybridized carbons (Fsp3) is 0.294. The van der Waals surface area contributed by atoms with Crippen molar-refractivity contribution >= 4 is 5.69 Å². The molecule has 0 aromatic heterocycles. The van der Waals surface area contributed by atoms with Gasteiger partial charge in [-0.25, -0.2) is 0 Å². The smallest absolute Gasteiger partial charge is 0.119 e. The largest absolute Gasteiger partial charge is 0.497 e. The SMILES string of the molecule is CCc1ccccc1NCCc1cccc(OC)c1. The Hall–Kier alpha value is -1.96. The summed E-state index contributed by atoms with van der Waals surface area (Å²) < 4.78 is 5.24. The van der Waals surface area contributed by atoms with Gasteiger partial charge in [-0.1, -0.05) is 37.3 Å². The normalized spacial score (nSPS) is 10.2. The molecule has 0 unspecified atom stereocenters. The Labute approximate surface area is 115 Å². The third-order valence-electron chi connectivity index (χ3n) is 3.26. The van der Waals surface area contributed by atoms with Crippen molar-refractivity contribution in [2.24, 2.45) is 0 Å². The van der Waals surface area contributed by atoms with Gasteiger partial charge >= 0.3 is 0 Å². The number of nitrogens with one attached hydrogen (secondary N) is 1. The van der Waals surface area contributed by atoms with E-state index in [0.717, 1.165) is 25.1 Å². The number of rotatable bonds is 6. The van der Waals surface area contributed by atoms with Crippen molar-refractivity contribution in [2.45, 2.75) is 19.8 Å². The molecule has 2 rings (SSSR count). The summed E-state index contributed by atoms with van der Waals surface area (Å²) in [7, 11) is 1.70. The second-order valence-electron chi connectivity index (χ2n) is 4.54. The van der Waals surface area contributed by atoms with Crippen LogP contribution in [0.4, 0.5) is 5.69 Å². The fourth-order valence-corrected chi connectivity index (χ4v) is 2.17. The lowest BCUT2D eigenvalue weighted by molar-refractivity contribution is 0.414. The second-order valence-corrected chi connectivity index (χ2v) is 4.54. The van der Waals surface area contributed by atoms with Gasteiger partial charge in [-0.2, -0.15) is 0 Å². The molecule has 2 aromatic carbocycles. The van der Waals surface area contributed by atoms with E-state index in [-0.39, 0.29) is 0 Å². The Morgan fingerprint density at radius 2 is 1.89 bits per heavy atom. The number of benzene rings is 2. The molecule has 0 heterocycles. The number of aryl methyl sites for hydroxylation is 1. The molecule has 0 fully saturated rings. The van der Waals surface area contributed by atoms with Crippen LogP contribution in [0.1, 0.15) is 18.1 Å². The molecule has 0 amide bonds. The number of para-hydroxylation sites is 1. The molecule has 0 radical (unpaired) electrons. The lowest BCUT2D eigenvalue weighted by Gasteiger charge is -2.11. The Morgan fingerprint density at radius 3 is 2.68 bits per heavy atom. The van der Waals surface area contributed by atoms with Crippen LogP contribution in [0.3, 0.4) is 0 Å². The topological polar surface area (TPSA) is 21.3 Å². The maximum Gasteiger partial charge on any atom is 0.119 e. The van der Waals surface area contributed by atoms with Crippen LogP contribution in [0.15, 0.2) is 48.5 Å². The number of hydrogen-bond donors (Lipinski definition) is 1. The molecular weight excluding hydrogens is 234 g/mol. The molecule has 19 heavy (non-hydrogen) atoms. The van der Waals surface area contributed by atoms with E-state index in [4.69, 9.17) is 4.74 Å². The van der Waals surface area contributed by atoms with Gasteiger partial charge in [-0.15, -0.1) is 0 Å². The van der Waals surface area contributed by atoms with E-state index in [0.29, 0.717) is 0 Å². The summed E-state index contributed by atoms with van der Waals surface area (Å²) in [5.41, 5.74) is 3.90. The first-order chi connectivity index (χ1) is 9.33. The summed E-state index contributed by atoms with van der Waals surface area (Å²) in [6.45, 7) is 3.12. The first kappa shape index (κ1) is 13.5. The molecular formula is C17H21NO. The van der Waals surface area contributed by atoms with Crippen molar-refractivity contribution in [1.82, 2.24) is 0 Å². The molecule has 100 valence electrons. The summed E-state index contributed by atoms with van der Waals surface area (Å²) in [6, 6.07) is 16.7. The molecule has 0 aliphatic rings. The minimum atomic E-state index is 0.923. The van der Waals surface area contributed by atoms with Crippen LogP contribution in [0, 0.1) is 0 Å². The van der Waals surface area contributed by atoms with Gasteiger partial charge in [0.05, 0.1) is 7.11 Å². The zero-order valence-corrected chi connectivity index (χ0v) is 11.6. The predicted octanol–water partition coefficient (Wildman–Crippen LogP) is 3.91. The standard InChI is InChI=1S/C17H21NO/c1-3-15-8-4-5-10-17(15)18-12-11-14-7-6-9-16(13-14)19-2/h4-10,13,18H,3,11-12H2,1-2H3. The fourth-order valence-electron chi connectivity index (χ4n) is 2.17. The van der Waals surface area contributed by atoms with Crippen molar-refractivity contribution in [3.05, 3.63) is 59.7 Å². The molecule has 0 saturated carbocycles. The lowest BCUT2D eigenvalue weighted by atomic mass is 10.1. The molecule has 0 aliphatic carbocycles. The van der Waals surface area contributed by atoms with Crippen LogP contribution in [0.5, 0.6) is 5.75 Å². The zero-order chi connectivity index (χ0) is 13.5. The van der Waals surface area contributed by atoms with E-state index in [2.05, 4.69) is 48.6 Å². The van der Waals surface area contributed by atoms with E-state index in [9.17, 15) is 0 Å². The summed E-state index contributed by atoms with van der Waals surface area (Å²) in [6.07, 6.45) is 2.05. The summed E-state index contributed by atoms with van der Waals surface area (Å²) in [5, 5.41) is 3.51. The van der Waals surface area contributed by atoms with Crippen LogP contribution in [-0.4, -0.2) is 13.7 Å².